The van der Waals surface area contributed by atoms with Crippen molar-refractivity contribution in [3.8, 4) is 0 Å². The van der Waals surface area contributed by atoms with Gasteiger partial charge in [0.15, 0.2) is 0 Å². The molecule has 0 amide bonds. The Balaban J connectivity index is 4.11. The highest BCUT2D eigenvalue weighted by Crippen LogP contribution is 2.15. The topological polar surface area (TPSA) is 35.5 Å². The molecule has 0 radical (unpaired) electrons. The molecule has 3 heteroatoms. The van der Waals surface area contributed by atoms with Crippen LogP contribution in [0.4, 0.5) is 4.79 Å². The van der Waals surface area contributed by atoms with Crippen molar-refractivity contribution in [3.05, 3.63) is 23.8 Å². The number of carbonyl (C=O) groups is 1. The smallest absolute Gasteiger partial charge is 0.438 e. The fourth-order valence-corrected chi connectivity index (χ4v) is 1.02. The summed E-state index contributed by atoms with van der Waals surface area (Å²) in [5.74, 6) is 0.166. The molecular formula is C12H20O3. The molecule has 0 rings (SSSR count). The van der Waals surface area contributed by atoms with E-state index in [1.807, 2.05) is 20.8 Å². The van der Waals surface area contributed by atoms with Gasteiger partial charge in [0.2, 0.25) is 0 Å². The van der Waals surface area contributed by atoms with E-state index in [0.717, 1.165) is 12.0 Å². The van der Waals surface area contributed by atoms with Crippen LogP contribution in [-0.2, 0) is 9.47 Å². The summed E-state index contributed by atoms with van der Waals surface area (Å²) in [7, 11) is 1.30. The highest BCUT2D eigenvalue weighted by atomic mass is 16.7. The Bertz CT molecular complexity index is 250. The van der Waals surface area contributed by atoms with Crippen LogP contribution in [-0.4, -0.2) is 19.9 Å². The quantitative estimate of drug-likeness (QED) is 0.518. The summed E-state index contributed by atoms with van der Waals surface area (Å²) in [4.78, 5) is 10.8. The normalized spacial score (nSPS) is 11.5. The van der Waals surface area contributed by atoms with Gasteiger partial charge in [-0.25, -0.2) is 4.79 Å². The number of hydrogen-bond acceptors (Lipinski definition) is 3. The lowest BCUT2D eigenvalue weighted by atomic mass is 9.98. The van der Waals surface area contributed by atoms with Crippen molar-refractivity contribution in [1.29, 1.82) is 0 Å². The molecule has 0 spiro atoms. The minimum atomic E-state index is -0.640. The third-order valence-electron chi connectivity index (χ3n) is 2.08. The molecule has 0 aliphatic heterocycles. The van der Waals surface area contributed by atoms with Crippen molar-refractivity contribution in [2.24, 2.45) is 5.92 Å². The predicted octanol–water partition coefficient (Wildman–Crippen LogP) is 3.32. The zero-order chi connectivity index (χ0) is 11.8. The molecule has 0 N–H and O–H groups in total. The molecule has 86 valence electrons. The highest BCUT2D eigenvalue weighted by Gasteiger charge is 2.11. The van der Waals surface area contributed by atoms with Crippen molar-refractivity contribution in [2.45, 2.75) is 27.2 Å². The number of methoxy groups -OCH3 is 1. The number of carbonyl (C=O) groups excluding carboxylic acids is 1. The number of hydrogen-bond donors (Lipinski definition) is 0. The fourth-order valence-electron chi connectivity index (χ4n) is 1.02. The first kappa shape index (κ1) is 13.8. The first-order valence-corrected chi connectivity index (χ1v) is 4.96. The van der Waals surface area contributed by atoms with Crippen LogP contribution >= 0.6 is 0 Å². The molecule has 0 heterocycles. The molecule has 0 saturated heterocycles. The lowest BCUT2D eigenvalue weighted by Gasteiger charge is -2.14. The second kappa shape index (κ2) is 7.10. The Morgan fingerprint density at radius 3 is 2.40 bits per heavy atom. The molecule has 0 fully saturated rings. The monoisotopic (exact) mass is 212 g/mol. The summed E-state index contributed by atoms with van der Waals surface area (Å²) in [5, 5.41) is 0. The largest absolute Gasteiger partial charge is 0.507 e. The standard InChI is InChI=1S/C12H20O3/c1-9(2)6-7-11(10(3)4)8-15-12(13)14-5/h6,11H,3,7-8H2,1-2,4-5H3/t11-/m1/s1. The minimum absolute atomic E-state index is 0.166. The summed E-state index contributed by atoms with van der Waals surface area (Å²) < 4.78 is 9.30. The van der Waals surface area contributed by atoms with Crippen LogP contribution in [0.3, 0.4) is 0 Å². The Labute approximate surface area is 91.8 Å². The number of rotatable bonds is 5. The Morgan fingerprint density at radius 1 is 1.40 bits per heavy atom. The van der Waals surface area contributed by atoms with Crippen LogP contribution in [0, 0.1) is 5.92 Å². The van der Waals surface area contributed by atoms with E-state index in [4.69, 9.17) is 4.74 Å². The lowest BCUT2D eigenvalue weighted by molar-refractivity contribution is 0.0641. The molecular weight excluding hydrogens is 192 g/mol. The van der Waals surface area contributed by atoms with Crippen LogP contribution < -0.4 is 0 Å². The number of ether oxygens (including phenoxy) is 2. The van der Waals surface area contributed by atoms with Crippen LogP contribution in [0.5, 0.6) is 0 Å². The first-order chi connectivity index (χ1) is 6.97. The Kier molecular flexibility index (Phi) is 6.50. The third-order valence-corrected chi connectivity index (χ3v) is 2.08. The Hall–Kier alpha value is -1.25. The van der Waals surface area contributed by atoms with E-state index in [-0.39, 0.29) is 5.92 Å². The van der Waals surface area contributed by atoms with Crippen LogP contribution in [0.25, 0.3) is 0 Å². The maximum Gasteiger partial charge on any atom is 0.507 e. The molecule has 0 unspecified atom stereocenters. The van der Waals surface area contributed by atoms with E-state index in [9.17, 15) is 4.79 Å². The summed E-state index contributed by atoms with van der Waals surface area (Å²) in [6.07, 6.45) is 2.31. The maximum absolute atomic E-state index is 10.8. The zero-order valence-corrected chi connectivity index (χ0v) is 10.0. The van der Waals surface area contributed by atoms with Crippen molar-refractivity contribution in [1.82, 2.24) is 0 Å². The van der Waals surface area contributed by atoms with E-state index in [1.54, 1.807) is 0 Å². The van der Waals surface area contributed by atoms with Gasteiger partial charge in [0.1, 0.15) is 6.61 Å². The van der Waals surface area contributed by atoms with E-state index >= 15 is 0 Å². The van der Waals surface area contributed by atoms with Gasteiger partial charge in [-0.15, -0.1) is 0 Å². The summed E-state index contributed by atoms with van der Waals surface area (Å²) in [6.45, 7) is 10.2. The summed E-state index contributed by atoms with van der Waals surface area (Å²) in [6, 6.07) is 0. The minimum Gasteiger partial charge on any atom is -0.438 e. The van der Waals surface area contributed by atoms with Gasteiger partial charge in [0, 0.05) is 5.92 Å². The van der Waals surface area contributed by atoms with Crippen molar-refractivity contribution < 1.29 is 14.3 Å². The van der Waals surface area contributed by atoms with Crippen LogP contribution in [0.2, 0.25) is 0 Å². The molecule has 0 aromatic carbocycles. The average molecular weight is 212 g/mol. The predicted molar refractivity (Wildman–Crippen MR) is 60.7 cm³/mol. The van der Waals surface area contributed by atoms with Crippen molar-refractivity contribution in [2.75, 3.05) is 13.7 Å². The molecule has 15 heavy (non-hydrogen) atoms. The lowest BCUT2D eigenvalue weighted by Crippen LogP contribution is -2.14. The Morgan fingerprint density at radius 2 is 2.00 bits per heavy atom. The van der Waals surface area contributed by atoms with Crippen molar-refractivity contribution in [3.63, 3.8) is 0 Å². The van der Waals surface area contributed by atoms with Crippen LogP contribution in [0.1, 0.15) is 27.2 Å². The fraction of sp³-hybridized carbons (Fsp3) is 0.583. The van der Waals surface area contributed by atoms with Gasteiger partial charge >= 0.3 is 6.16 Å². The van der Waals surface area contributed by atoms with Crippen molar-refractivity contribution >= 4 is 6.16 Å². The second-order valence-corrected chi connectivity index (χ2v) is 3.83. The number of allylic oxidation sites excluding steroid dienone is 2. The third kappa shape index (κ3) is 6.77. The molecule has 0 aromatic heterocycles. The van der Waals surface area contributed by atoms with Crippen LogP contribution in [0.15, 0.2) is 23.8 Å². The van der Waals surface area contributed by atoms with Gasteiger partial charge in [-0.2, -0.15) is 0 Å². The highest BCUT2D eigenvalue weighted by molar-refractivity contribution is 5.59. The molecule has 0 saturated carbocycles. The summed E-state index contributed by atoms with van der Waals surface area (Å²) in [5.41, 5.74) is 2.26. The van der Waals surface area contributed by atoms with Gasteiger partial charge in [-0.05, 0) is 27.2 Å². The SMILES string of the molecule is C=C(C)[C@H](CC=C(C)C)COC(=O)OC. The molecule has 1 atom stereocenters. The summed E-state index contributed by atoms with van der Waals surface area (Å²) >= 11 is 0. The second-order valence-electron chi connectivity index (χ2n) is 3.83. The van der Waals surface area contributed by atoms with E-state index in [2.05, 4.69) is 17.4 Å². The molecule has 0 aromatic rings. The average Bonchev–Trinajstić information content (AvgIpc) is 2.16. The van der Waals surface area contributed by atoms with E-state index < -0.39 is 6.16 Å². The molecule has 3 nitrogen and oxygen atoms in total. The molecule has 0 aliphatic carbocycles. The van der Waals surface area contributed by atoms with Gasteiger partial charge in [0.05, 0.1) is 7.11 Å². The van der Waals surface area contributed by atoms with E-state index in [1.165, 1.54) is 12.7 Å². The van der Waals surface area contributed by atoms with Gasteiger partial charge in [-0.1, -0.05) is 23.8 Å². The molecule has 0 aliphatic rings. The van der Waals surface area contributed by atoms with Gasteiger partial charge in [0.25, 0.3) is 0 Å². The zero-order valence-electron chi connectivity index (χ0n) is 10.0. The van der Waals surface area contributed by atoms with Gasteiger partial charge in [-0.3, -0.25) is 0 Å². The molecule has 0 bridgehead atoms. The first-order valence-electron chi connectivity index (χ1n) is 4.96. The maximum atomic E-state index is 10.8. The van der Waals surface area contributed by atoms with Gasteiger partial charge < -0.3 is 9.47 Å². The van der Waals surface area contributed by atoms with E-state index in [0.29, 0.717) is 6.61 Å².